The monoisotopic (exact) mass is 264 g/mol. The Labute approximate surface area is 111 Å². The highest BCUT2D eigenvalue weighted by Gasteiger charge is 2.19. The van der Waals surface area contributed by atoms with Crippen molar-refractivity contribution in [2.45, 2.75) is 13.8 Å². The number of rotatable bonds is 4. The molecule has 0 unspecified atom stereocenters. The molecule has 0 aromatic heterocycles. The first-order chi connectivity index (χ1) is 9.15. The minimum Gasteiger partial charge on any atom is -0.493 e. The maximum atomic E-state index is 11.6. The maximum Gasteiger partial charge on any atom is 0.333 e. The molecule has 1 aliphatic heterocycles. The molecule has 1 heterocycles. The van der Waals surface area contributed by atoms with Gasteiger partial charge in [0.2, 0.25) is 12.5 Å². The first kappa shape index (κ1) is 13.3. The molecule has 0 spiro atoms. The molecule has 1 aromatic rings. The lowest BCUT2D eigenvalue weighted by Crippen LogP contribution is -2.04. The standard InChI is InChI=1S/C14H16O5/c1-4-17-14(15)9(2)5-10-6-11(16-3)13-12(7-10)18-8-19-13/h5-7H,4,8H2,1-3H3/b9-5+. The van der Waals surface area contributed by atoms with E-state index in [0.29, 0.717) is 29.4 Å². The number of hydrogen-bond donors (Lipinski definition) is 0. The van der Waals surface area contributed by atoms with Gasteiger partial charge in [0.15, 0.2) is 11.5 Å². The van der Waals surface area contributed by atoms with Crippen molar-refractivity contribution in [1.29, 1.82) is 0 Å². The van der Waals surface area contributed by atoms with Crippen LogP contribution in [0.15, 0.2) is 17.7 Å². The number of esters is 1. The summed E-state index contributed by atoms with van der Waals surface area (Å²) in [6, 6.07) is 3.59. The Morgan fingerprint density at radius 3 is 2.89 bits per heavy atom. The number of carbonyl (C=O) groups excluding carboxylic acids is 1. The lowest BCUT2D eigenvalue weighted by atomic mass is 10.1. The number of hydrogen-bond acceptors (Lipinski definition) is 5. The van der Waals surface area contributed by atoms with E-state index in [2.05, 4.69) is 0 Å². The minimum atomic E-state index is -0.334. The van der Waals surface area contributed by atoms with E-state index >= 15 is 0 Å². The van der Waals surface area contributed by atoms with E-state index in [1.807, 2.05) is 0 Å². The van der Waals surface area contributed by atoms with Gasteiger partial charge in [-0.25, -0.2) is 4.79 Å². The zero-order valence-electron chi connectivity index (χ0n) is 11.2. The number of fused-ring (bicyclic) bond motifs is 1. The molecule has 0 saturated carbocycles. The van der Waals surface area contributed by atoms with Crippen LogP contribution < -0.4 is 14.2 Å². The van der Waals surface area contributed by atoms with E-state index in [9.17, 15) is 4.79 Å². The molecular weight excluding hydrogens is 248 g/mol. The van der Waals surface area contributed by atoms with Crippen LogP contribution in [0.2, 0.25) is 0 Å². The second-order valence-electron chi connectivity index (χ2n) is 4.00. The second-order valence-corrected chi connectivity index (χ2v) is 4.00. The van der Waals surface area contributed by atoms with Gasteiger partial charge < -0.3 is 18.9 Å². The van der Waals surface area contributed by atoms with Gasteiger partial charge in [0, 0.05) is 5.57 Å². The van der Waals surface area contributed by atoms with Crippen molar-refractivity contribution in [3.05, 3.63) is 23.3 Å². The third kappa shape index (κ3) is 2.81. The number of carbonyl (C=O) groups is 1. The van der Waals surface area contributed by atoms with E-state index in [0.717, 1.165) is 5.56 Å². The molecule has 1 aliphatic rings. The smallest absolute Gasteiger partial charge is 0.333 e. The molecule has 5 heteroatoms. The molecule has 0 N–H and O–H groups in total. The van der Waals surface area contributed by atoms with Crippen LogP contribution in [0.4, 0.5) is 0 Å². The summed E-state index contributed by atoms with van der Waals surface area (Å²) in [6.45, 7) is 4.01. The Bertz CT molecular complexity index is 519. The molecule has 0 bridgehead atoms. The van der Waals surface area contributed by atoms with Crippen molar-refractivity contribution in [2.75, 3.05) is 20.5 Å². The highest BCUT2D eigenvalue weighted by atomic mass is 16.7. The fourth-order valence-electron chi connectivity index (χ4n) is 1.79. The van der Waals surface area contributed by atoms with Gasteiger partial charge >= 0.3 is 5.97 Å². The van der Waals surface area contributed by atoms with Crippen LogP contribution in [0.3, 0.4) is 0 Å². The SMILES string of the molecule is CCOC(=O)/C(C)=C/c1cc(OC)c2c(c1)OCO2. The zero-order chi connectivity index (χ0) is 13.8. The van der Waals surface area contributed by atoms with Gasteiger partial charge in [-0.2, -0.15) is 0 Å². The molecule has 0 aliphatic carbocycles. The summed E-state index contributed by atoms with van der Waals surface area (Å²) in [4.78, 5) is 11.6. The van der Waals surface area contributed by atoms with Crippen LogP contribution in [0.5, 0.6) is 17.2 Å². The topological polar surface area (TPSA) is 54.0 Å². The molecule has 19 heavy (non-hydrogen) atoms. The van der Waals surface area contributed by atoms with E-state index < -0.39 is 0 Å². The van der Waals surface area contributed by atoms with E-state index in [4.69, 9.17) is 18.9 Å². The van der Waals surface area contributed by atoms with Crippen molar-refractivity contribution >= 4 is 12.0 Å². The first-order valence-electron chi connectivity index (χ1n) is 5.98. The Kier molecular flexibility index (Phi) is 3.94. The van der Waals surface area contributed by atoms with Crippen molar-refractivity contribution in [3.8, 4) is 17.2 Å². The molecule has 0 fully saturated rings. The molecule has 102 valence electrons. The highest BCUT2D eigenvalue weighted by molar-refractivity contribution is 5.93. The quantitative estimate of drug-likeness (QED) is 0.617. The van der Waals surface area contributed by atoms with Gasteiger partial charge in [0.25, 0.3) is 0 Å². The Hall–Kier alpha value is -2.17. The average Bonchev–Trinajstić information content (AvgIpc) is 2.86. The fourth-order valence-corrected chi connectivity index (χ4v) is 1.79. The Morgan fingerprint density at radius 1 is 1.42 bits per heavy atom. The maximum absolute atomic E-state index is 11.6. The first-order valence-corrected chi connectivity index (χ1v) is 5.98. The van der Waals surface area contributed by atoms with E-state index in [1.165, 1.54) is 0 Å². The molecule has 0 saturated heterocycles. The van der Waals surface area contributed by atoms with Gasteiger partial charge in [0.05, 0.1) is 13.7 Å². The molecule has 0 atom stereocenters. The van der Waals surface area contributed by atoms with Crippen LogP contribution in [-0.4, -0.2) is 26.5 Å². The molecule has 5 nitrogen and oxygen atoms in total. The Morgan fingerprint density at radius 2 is 2.21 bits per heavy atom. The van der Waals surface area contributed by atoms with Crippen LogP contribution in [0.1, 0.15) is 19.4 Å². The van der Waals surface area contributed by atoms with Crippen LogP contribution in [-0.2, 0) is 9.53 Å². The zero-order valence-corrected chi connectivity index (χ0v) is 11.2. The fraction of sp³-hybridized carbons (Fsp3) is 0.357. The molecule has 2 rings (SSSR count). The second kappa shape index (κ2) is 5.65. The number of benzene rings is 1. The van der Waals surface area contributed by atoms with Gasteiger partial charge in [-0.15, -0.1) is 0 Å². The van der Waals surface area contributed by atoms with Crippen LogP contribution in [0, 0.1) is 0 Å². The summed E-state index contributed by atoms with van der Waals surface area (Å²) in [5.41, 5.74) is 1.31. The summed E-state index contributed by atoms with van der Waals surface area (Å²) in [5.74, 6) is 1.45. The lowest BCUT2D eigenvalue weighted by Gasteiger charge is -2.07. The summed E-state index contributed by atoms with van der Waals surface area (Å²) in [6.07, 6.45) is 1.72. The summed E-state index contributed by atoms with van der Waals surface area (Å²) in [7, 11) is 1.56. The minimum absolute atomic E-state index is 0.176. The number of ether oxygens (including phenoxy) is 4. The predicted molar refractivity (Wildman–Crippen MR) is 69.4 cm³/mol. The van der Waals surface area contributed by atoms with Gasteiger partial charge in [-0.3, -0.25) is 0 Å². The third-order valence-electron chi connectivity index (χ3n) is 2.66. The van der Waals surface area contributed by atoms with Crippen molar-refractivity contribution in [3.63, 3.8) is 0 Å². The van der Waals surface area contributed by atoms with Gasteiger partial charge in [0.1, 0.15) is 0 Å². The summed E-state index contributed by atoms with van der Waals surface area (Å²) in [5, 5.41) is 0. The molecule has 0 radical (unpaired) electrons. The van der Waals surface area contributed by atoms with Gasteiger partial charge in [-0.1, -0.05) is 0 Å². The van der Waals surface area contributed by atoms with Crippen molar-refractivity contribution < 1.29 is 23.7 Å². The summed E-state index contributed by atoms with van der Waals surface area (Å²) >= 11 is 0. The molecule has 0 amide bonds. The molecular formula is C14H16O5. The largest absolute Gasteiger partial charge is 0.493 e. The molecule has 1 aromatic carbocycles. The van der Waals surface area contributed by atoms with Crippen LogP contribution >= 0.6 is 0 Å². The van der Waals surface area contributed by atoms with Gasteiger partial charge in [-0.05, 0) is 37.6 Å². The highest BCUT2D eigenvalue weighted by Crippen LogP contribution is 2.42. The number of methoxy groups -OCH3 is 1. The van der Waals surface area contributed by atoms with Crippen LogP contribution in [0.25, 0.3) is 6.08 Å². The summed E-state index contributed by atoms with van der Waals surface area (Å²) < 4.78 is 20.8. The van der Waals surface area contributed by atoms with E-state index in [1.54, 1.807) is 39.2 Å². The Balaban J connectivity index is 2.31. The normalized spacial score (nSPS) is 13.3. The third-order valence-corrected chi connectivity index (χ3v) is 2.66. The van der Waals surface area contributed by atoms with Crippen molar-refractivity contribution in [2.24, 2.45) is 0 Å². The van der Waals surface area contributed by atoms with Crippen molar-refractivity contribution in [1.82, 2.24) is 0 Å². The average molecular weight is 264 g/mol. The van der Waals surface area contributed by atoms with E-state index in [-0.39, 0.29) is 12.8 Å². The lowest BCUT2D eigenvalue weighted by molar-refractivity contribution is -0.138. The predicted octanol–water partition coefficient (Wildman–Crippen LogP) is 2.39.